The van der Waals surface area contributed by atoms with Crippen molar-refractivity contribution in [2.75, 3.05) is 17.7 Å². The van der Waals surface area contributed by atoms with Crippen LogP contribution in [-0.4, -0.2) is 12.5 Å². The maximum Gasteiger partial charge on any atom is 0.262 e. The second-order valence-corrected chi connectivity index (χ2v) is 5.19. The Morgan fingerprint density at radius 2 is 1.90 bits per heavy atom. The van der Waals surface area contributed by atoms with Gasteiger partial charge in [-0.2, -0.15) is 0 Å². The first-order valence-corrected chi connectivity index (χ1v) is 6.93. The van der Waals surface area contributed by atoms with Crippen molar-refractivity contribution in [2.24, 2.45) is 0 Å². The number of hydrogen-bond acceptors (Lipinski definition) is 3. The van der Waals surface area contributed by atoms with E-state index >= 15 is 0 Å². The number of nitrogens with two attached hydrogens (primary N) is 1. The Bertz CT molecular complexity index is 606. The third-order valence-corrected chi connectivity index (χ3v) is 3.09. The predicted octanol–water partition coefficient (Wildman–Crippen LogP) is 3.41. The second-order valence-electron chi connectivity index (χ2n) is 5.19. The maximum atomic E-state index is 11.8. The summed E-state index contributed by atoms with van der Waals surface area (Å²) in [7, 11) is 0. The second kappa shape index (κ2) is 6.79. The standard InChI is InChI=1S/C17H20N2O2/c1-12(2)13-6-8-15(9-7-13)19-17(20)11-21-16-5-3-4-14(18)10-16/h3-10,12H,11,18H2,1-2H3,(H,19,20). The zero-order valence-electron chi connectivity index (χ0n) is 12.3. The summed E-state index contributed by atoms with van der Waals surface area (Å²) in [5.41, 5.74) is 8.26. The van der Waals surface area contributed by atoms with Crippen molar-refractivity contribution in [3.63, 3.8) is 0 Å². The molecule has 0 unspecified atom stereocenters. The van der Waals surface area contributed by atoms with Gasteiger partial charge in [0.15, 0.2) is 6.61 Å². The number of rotatable bonds is 5. The van der Waals surface area contributed by atoms with Crippen LogP contribution < -0.4 is 15.8 Å². The third-order valence-electron chi connectivity index (χ3n) is 3.09. The van der Waals surface area contributed by atoms with Crippen LogP contribution in [0.15, 0.2) is 48.5 Å². The number of anilines is 2. The molecule has 3 N–H and O–H groups in total. The molecule has 2 aromatic carbocycles. The van der Waals surface area contributed by atoms with Crippen LogP contribution in [0.2, 0.25) is 0 Å². The lowest BCUT2D eigenvalue weighted by atomic mass is 10.0. The minimum Gasteiger partial charge on any atom is -0.484 e. The number of nitrogen functional groups attached to an aromatic ring is 1. The van der Waals surface area contributed by atoms with E-state index in [0.717, 1.165) is 5.69 Å². The van der Waals surface area contributed by atoms with Gasteiger partial charge in [0.2, 0.25) is 0 Å². The van der Waals surface area contributed by atoms with Crippen molar-refractivity contribution in [1.29, 1.82) is 0 Å². The molecule has 110 valence electrons. The Labute approximate surface area is 124 Å². The molecule has 21 heavy (non-hydrogen) atoms. The van der Waals surface area contributed by atoms with E-state index in [1.807, 2.05) is 24.3 Å². The first kappa shape index (κ1) is 14.9. The van der Waals surface area contributed by atoms with Gasteiger partial charge < -0.3 is 15.8 Å². The highest BCUT2D eigenvalue weighted by molar-refractivity contribution is 5.91. The van der Waals surface area contributed by atoms with E-state index < -0.39 is 0 Å². The molecular weight excluding hydrogens is 264 g/mol. The van der Waals surface area contributed by atoms with Crippen molar-refractivity contribution in [3.8, 4) is 5.75 Å². The normalized spacial score (nSPS) is 10.4. The number of ether oxygens (including phenoxy) is 1. The quantitative estimate of drug-likeness (QED) is 0.827. The average Bonchev–Trinajstić information content (AvgIpc) is 2.46. The van der Waals surface area contributed by atoms with E-state index in [0.29, 0.717) is 17.4 Å². The van der Waals surface area contributed by atoms with Gasteiger partial charge in [-0.1, -0.05) is 32.0 Å². The molecule has 0 fully saturated rings. The van der Waals surface area contributed by atoms with Crippen LogP contribution in [0.4, 0.5) is 11.4 Å². The zero-order valence-corrected chi connectivity index (χ0v) is 12.3. The first-order chi connectivity index (χ1) is 10.0. The van der Waals surface area contributed by atoms with Crippen molar-refractivity contribution in [2.45, 2.75) is 19.8 Å². The van der Waals surface area contributed by atoms with E-state index in [9.17, 15) is 4.79 Å². The van der Waals surface area contributed by atoms with Crippen LogP contribution in [0.1, 0.15) is 25.3 Å². The molecule has 0 aromatic heterocycles. The topological polar surface area (TPSA) is 64.3 Å². The highest BCUT2D eigenvalue weighted by Crippen LogP contribution is 2.17. The first-order valence-electron chi connectivity index (χ1n) is 6.93. The van der Waals surface area contributed by atoms with Crippen LogP contribution >= 0.6 is 0 Å². The molecule has 2 rings (SSSR count). The SMILES string of the molecule is CC(C)c1ccc(NC(=O)COc2cccc(N)c2)cc1. The molecule has 4 nitrogen and oxygen atoms in total. The Hall–Kier alpha value is -2.49. The Balaban J connectivity index is 1.87. The van der Waals surface area contributed by atoms with Crippen molar-refractivity contribution < 1.29 is 9.53 Å². The highest BCUT2D eigenvalue weighted by Gasteiger charge is 2.05. The third kappa shape index (κ3) is 4.53. The molecule has 2 aromatic rings. The van der Waals surface area contributed by atoms with Crippen LogP contribution in [-0.2, 0) is 4.79 Å². The van der Waals surface area contributed by atoms with Crippen molar-refractivity contribution >= 4 is 17.3 Å². The minimum absolute atomic E-state index is 0.0462. The monoisotopic (exact) mass is 284 g/mol. The number of hydrogen-bond donors (Lipinski definition) is 2. The van der Waals surface area contributed by atoms with Crippen LogP contribution in [0.5, 0.6) is 5.75 Å². The molecule has 0 radical (unpaired) electrons. The molecule has 0 heterocycles. The van der Waals surface area contributed by atoms with Gasteiger partial charge in [-0.3, -0.25) is 4.79 Å². The summed E-state index contributed by atoms with van der Waals surface area (Å²) < 4.78 is 5.39. The summed E-state index contributed by atoms with van der Waals surface area (Å²) in [6, 6.07) is 14.8. The Morgan fingerprint density at radius 3 is 2.52 bits per heavy atom. The Kier molecular flexibility index (Phi) is 4.82. The van der Waals surface area contributed by atoms with Gasteiger partial charge in [-0.15, -0.1) is 0 Å². The van der Waals surface area contributed by atoms with E-state index in [-0.39, 0.29) is 12.5 Å². The van der Waals surface area contributed by atoms with Gasteiger partial charge in [0, 0.05) is 17.4 Å². The number of carbonyl (C=O) groups is 1. The molecule has 0 aliphatic heterocycles. The van der Waals surface area contributed by atoms with Crippen molar-refractivity contribution in [1.82, 2.24) is 0 Å². The van der Waals surface area contributed by atoms with Crippen LogP contribution in [0, 0.1) is 0 Å². The average molecular weight is 284 g/mol. The fourth-order valence-corrected chi connectivity index (χ4v) is 1.90. The summed E-state index contributed by atoms with van der Waals surface area (Å²) >= 11 is 0. The molecule has 1 amide bonds. The summed E-state index contributed by atoms with van der Waals surface area (Å²) in [5, 5.41) is 2.80. The predicted molar refractivity (Wildman–Crippen MR) is 85.5 cm³/mol. The zero-order chi connectivity index (χ0) is 15.2. The molecule has 0 atom stereocenters. The maximum absolute atomic E-state index is 11.8. The molecule has 0 aliphatic rings. The molecule has 0 bridgehead atoms. The summed E-state index contributed by atoms with van der Waals surface area (Å²) in [5.74, 6) is 0.858. The number of carbonyl (C=O) groups excluding carboxylic acids is 1. The molecule has 0 saturated heterocycles. The summed E-state index contributed by atoms with van der Waals surface area (Å²) in [6.07, 6.45) is 0. The van der Waals surface area contributed by atoms with Gasteiger partial charge in [0.25, 0.3) is 5.91 Å². The van der Waals surface area contributed by atoms with E-state index in [2.05, 4.69) is 19.2 Å². The molecule has 0 saturated carbocycles. The lowest BCUT2D eigenvalue weighted by Gasteiger charge is -2.09. The van der Waals surface area contributed by atoms with Gasteiger partial charge in [0.05, 0.1) is 0 Å². The lowest BCUT2D eigenvalue weighted by Crippen LogP contribution is -2.20. The highest BCUT2D eigenvalue weighted by atomic mass is 16.5. The summed E-state index contributed by atoms with van der Waals surface area (Å²) in [6.45, 7) is 4.22. The molecule has 0 spiro atoms. The lowest BCUT2D eigenvalue weighted by molar-refractivity contribution is -0.118. The summed E-state index contributed by atoms with van der Waals surface area (Å²) in [4.78, 5) is 11.8. The minimum atomic E-state index is -0.199. The molecule has 4 heteroatoms. The number of benzene rings is 2. The van der Waals surface area contributed by atoms with E-state index in [1.54, 1.807) is 24.3 Å². The van der Waals surface area contributed by atoms with Gasteiger partial charge in [-0.25, -0.2) is 0 Å². The molecular formula is C17H20N2O2. The Morgan fingerprint density at radius 1 is 1.19 bits per heavy atom. The van der Waals surface area contributed by atoms with Gasteiger partial charge >= 0.3 is 0 Å². The van der Waals surface area contributed by atoms with E-state index in [1.165, 1.54) is 5.56 Å². The fourth-order valence-electron chi connectivity index (χ4n) is 1.90. The largest absolute Gasteiger partial charge is 0.484 e. The van der Waals surface area contributed by atoms with E-state index in [4.69, 9.17) is 10.5 Å². The van der Waals surface area contributed by atoms with Crippen molar-refractivity contribution in [3.05, 3.63) is 54.1 Å². The number of amides is 1. The van der Waals surface area contributed by atoms with Crippen LogP contribution in [0.3, 0.4) is 0 Å². The smallest absolute Gasteiger partial charge is 0.262 e. The van der Waals surface area contributed by atoms with Gasteiger partial charge in [-0.05, 0) is 35.7 Å². The van der Waals surface area contributed by atoms with Crippen LogP contribution in [0.25, 0.3) is 0 Å². The number of nitrogens with one attached hydrogen (secondary N) is 1. The molecule has 0 aliphatic carbocycles. The van der Waals surface area contributed by atoms with Gasteiger partial charge in [0.1, 0.15) is 5.75 Å². The fraction of sp³-hybridized carbons (Fsp3) is 0.235.